The van der Waals surface area contributed by atoms with Crippen LogP contribution in [0, 0.1) is 35.4 Å². The van der Waals surface area contributed by atoms with Gasteiger partial charge in [-0.2, -0.15) is 0 Å². The van der Waals surface area contributed by atoms with Crippen LogP contribution in [0.1, 0.15) is 38.3 Å². The van der Waals surface area contributed by atoms with Crippen LogP contribution < -0.4 is 5.32 Å². The average Bonchev–Trinajstić information content (AvgIpc) is 3.18. The monoisotopic (exact) mass is 522 g/mol. The van der Waals surface area contributed by atoms with Gasteiger partial charge in [0.25, 0.3) is 0 Å². The van der Waals surface area contributed by atoms with Gasteiger partial charge in [0, 0.05) is 23.7 Å². The number of ether oxygens (including phenoxy) is 2. The number of carbonyl (C=O) groups is 3. The van der Waals surface area contributed by atoms with E-state index >= 15 is 0 Å². The van der Waals surface area contributed by atoms with Crippen LogP contribution in [0.5, 0.6) is 0 Å². The summed E-state index contributed by atoms with van der Waals surface area (Å²) in [6.45, 7) is 1.28. The van der Waals surface area contributed by atoms with E-state index in [1.54, 1.807) is 12.3 Å². The third-order valence-electron chi connectivity index (χ3n) is 8.23. The van der Waals surface area contributed by atoms with Crippen molar-refractivity contribution in [3.8, 4) is 11.1 Å². The van der Waals surface area contributed by atoms with E-state index in [1.165, 1.54) is 12.1 Å². The zero-order chi connectivity index (χ0) is 26.8. The van der Waals surface area contributed by atoms with Gasteiger partial charge < -0.3 is 19.9 Å². The molecule has 2 aromatic rings. The van der Waals surface area contributed by atoms with Gasteiger partial charge in [-0.05, 0) is 80.2 Å². The minimum atomic E-state index is -1.20. The number of benzene rings is 1. The first-order valence-corrected chi connectivity index (χ1v) is 13.0. The number of aliphatic carboxylic acids is 1. The molecule has 8 nitrogen and oxygen atoms in total. The number of allylic oxidation sites excluding steroid dienone is 1. The van der Waals surface area contributed by atoms with Crippen molar-refractivity contribution >= 4 is 24.1 Å². The molecule has 5 rings (SSSR count). The summed E-state index contributed by atoms with van der Waals surface area (Å²) < 4.78 is 24.0. The number of rotatable bonds is 6. The largest absolute Gasteiger partial charge is 0.479 e. The number of cyclic esters (lactones) is 1. The van der Waals surface area contributed by atoms with Crippen LogP contribution in [0.2, 0.25) is 0 Å². The van der Waals surface area contributed by atoms with Crippen LogP contribution >= 0.6 is 0 Å². The number of hydrogen-bond donors (Lipinski definition) is 2. The third kappa shape index (κ3) is 5.56. The maximum atomic E-state index is 13.6. The van der Waals surface area contributed by atoms with E-state index < -0.39 is 18.7 Å². The minimum absolute atomic E-state index is 0.0802. The topological polar surface area (TPSA) is 115 Å². The van der Waals surface area contributed by atoms with Gasteiger partial charge in [0.1, 0.15) is 11.9 Å². The molecule has 1 saturated heterocycles. The van der Waals surface area contributed by atoms with Crippen LogP contribution in [-0.4, -0.2) is 46.9 Å². The maximum Gasteiger partial charge on any atom is 0.407 e. The molecule has 9 heteroatoms. The van der Waals surface area contributed by atoms with Gasteiger partial charge in [-0.25, -0.2) is 14.0 Å². The number of carboxylic acids is 1. The van der Waals surface area contributed by atoms with Gasteiger partial charge in [0.15, 0.2) is 6.61 Å². The molecule has 0 spiro atoms. The van der Waals surface area contributed by atoms with E-state index in [9.17, 15) is 18.8 Å². The first kappa shape index (κ1) is 25.9. The Bertz CT molecular complexity index is 1230. The number of esters is 1. The third-order valence-corrected chi connectivity index (χ3v) is 8.23. The number of nitrogens with one attached hydrogen (secondary N) is 1. The number of fused-ring (bicyclic) bond motifs is 2. The number of hydrogen-bond acceptors (Lipinski definition) is 6. The van der Waals surface area contributed by atoms with Crippen molar-refractivity contribution in [2.45, 2.75) is 44.8 Å². The molecule has 2 aliphatic carbocycles. The van der Waals surface area contributed by atoms with Gasteiger partial charge in [-0.15, -0.1) is 0 Å². The molecule has 0 unspecified atom stereocenters. The van der Waals surface area contributed by atoms with Crippen LogP contribution in [0.25, 0.3) is 17.2 Å². The Morgan fingerprint density at radius 3 is 2.79 bits per heavy atom. The summed E-state index contributed by atoms with van der Waals surface area (Å²) >= 11 is 0. The van der Waals surface area contributed by atoms with E-state index in [0.29, 0.717) is 18.8 Å². The van der Waals surface area contributed by atoms with Crippen molar-refractivity contribution in [2.75, 3.05) is 6.61 Å². The fraction of sp³-hybridized carbons (Fsp3) is 0.448. The molecule has 38 heavy (non-hydrogen) atoms. The van der Waals surface area contributed by atoms with Crippen LogP contribution in [0.15, 0.2) is 48.7 Å². The molecular weight excluding hydrogens is 491 g/mol. The second-order valence-electron chi connectivity index (χ2n) is 10.5. The lowest BCUT2D eigenvalue weighted by Gasteiger charge is -2.47. The summed E-state index contributed by atoms with van der Waals surface area (Å²) in [6, 6.07) is 10.1. The van der Waals surface area contributed by atoms with Gasteiger partial charge >= 0.3 is 18.0 Å². The number of amides is 1. The van der Waals surface area contributed by atoms with Crippen molar-refractivity contribution in [1.29, 1.82) is 0 Å². The smallest absolute Gasteiger partial charge is 0.407 e. The standard InChI is InChI=1S/C29H31FN2O6/c1-16-27-24(10-7-21-6-5-18(14-31-21)17-3-2-4-20(30)11-17)23-9-8-22(32-29(36)37-15-26(33)34)12-19(23)13-25(27)28(35)38-16/h2-7,10-11,14,16,19,22-25,27H,8-9,12-13,15H2,1H3,(H,32,36)(H,33,34)/t16-,19+,22-,23-,24+,25-,27+/m1/s1. The van der Waals surface area contributed by atoms with E-state index in [0.717, 1.165) is 29.7 Å². The number of aromatic nitrogens is 1. The molecule has 1 aromatic heterocycles. The lowest BCUT2D eigenvalue weighted by atomic mass is 9.57. The highest BCUT2D eigenvalue weighted by molar-refractivity contribution is 5.76. The van der Waals surface area contributed by atoms with E-state index in [1.807, 2.05) is 31.2 Å². The number of carboxylic acid groups (broad SMARTS) is 1. The fourth-order valence-corrected chi connectivity index (χ4v) is 6.63. The molecule has 1 aliphatic heterocycles. The average molecular weight is 523 g/mol. The van der Waals surface area contributed by atoms with Crippen molar-refractivity contribution in [1.82, 2.24) is 10.3 Å². The Balaban J connectivity index is 1.31. The van der Waals surface area contributed by atoms with Crippen LogP contribution in [0.4, 0.5) is 9.18 Å². The predicted molar refractivity (Wildman–Crippen MR) is 136 cm³/mol. The van der Waals surface area contributed by atoms with Crippen molar-refractivity contribution < 1.29 is 33.4 Å². The van der Waals surface area contributed by atoms with E-state index in [4.69, 9.17) is 14.6 Å². The highest BCUT2D eigenvalue weighted by atomic mass is 19.1. The highest BCUT2D eigenvalue weighted by Gasteiger charge is 2.54. The summed E-state index contributed by atoms with van der Waals surface area (Å²) in [5, 5.41) is 11.5. The molecule has 0 bridgehead atoms. The Kier molecular flexibility index (Phi) is 7.44. The molecular formula is C29H31FN2O6. The predicted octanol–water partition coefficient (Wildman–Crippen LogP) is 4.69. The second-order valence-corrected chi connectivity index (χ2v) is 10.5. The summed E-state index contributed by atoms with van der Waals surface area (Å²) in [5.74, 6) is -1.12. The highest BCUT2D eigenvalue weighted by Crippen LogP contribution is 2.53. The summed E-state index contributed by atoms with van der Waals surface area (Å²) in [7, 11) is 0. The quantitative estimate of drug-likeness (QED) is 0.529. The molecule has 2 N–H and O–H groups in total. The SMILES string of the molecule is C[C@H]1OC(=O)[C@@H]2C[C@@H]3C[C@H](NC(=O)OCC(=O)O)CC[C@H]3[C@H](C=Cc3ccc(-c4cccc(F)c4)cn3)[C@H]12. The number of carbonyl (C=O) groups excluding carboxylic acids is 2. The molecule has 1 amide bonds. The van der Waals surface area contributed by atoms with Crippen LogP contribution in [0.3, 0.4) is 0 Å². The molecule has 3 fully saturated rings. The Labute approximate surface area is 220 Å². The lowest BCUT2D eigenvalue weighted by Crippen LogP contribution is -2.48. The van der Waals surface area contributed by atoms with Crippen molar-refractivity contribution in [3.63, 3.8) is 0 Å². The molecule has 7 atom stereocenters. The van der Waals surface area contributed by atoms with Gasteiger partial charge in [-0.1, -0.05) is 24.3 Å². The van der Waals surface area contributed by atoms with E-state index in [-0.39, 0.29) is 47.6 Å². The van der Waals surface area contributed by atoms with Crippen molar-refractivity contribution in [2.24, 2.45) is 29.6 Å². The normalized spacial score (nSPS) is 30.3. The summed E-state index contributed by atoms with van der Waals surface area (Å²) in [4.78, 5) is 39.9. The van der Waals surface area contributed by atoms with Crippen LogP contribution in [-0.2, 0) is 19.1 Å². The Hall–Kier alpha value is -3.75. The fourth-order valence-electron chi connectivity index (χ4n) is 6.63. The second kappa shape index (κ2) is 10.9. The number of halogens is 1. The summed E-state index contributed by atoms with van der Waals surface area (Å²) in [5.41, 5.74) is 2.37. The molecule has 1 aromatic carbocycles. The molecule has 0 radical (unpaired) electrons. The zero-order valence-corrected chi connectivity index (χ0v) is 21.1. The Morgan fingerprint density at radius 2 is 2.05 bits per heavy atom. The first-order valence-electron chi connectivity index (χ1n) is 13.0. The van der Waals surface area contributed by atoms with Gasteiger partial charge in [0.05, 0.1) is 11.6 Å². The minimum Gasteiger partial charge on any atom is -0.479 e. The van der Waals surface area contributed by atoms with E-state index in [2.05, 4.69) is 16.4 Å². The molecule has 3 aliphatic rings. The number of nitrogens with zero attached hydrogens (tertiary/aromatic N) is 1. The number of pyridine rings is 1. The van der Waals surface area contributed by atoms with Crippen molar-refractivity contribution in [3.05, 3.63) is 60.2 Å². The molecule has 2 saturated carbocycles. The van der Waals surface area contributed by atoms with Gasteiger partial charge in [0.2, 0.25) is 0 Å². The molecule has 2 heterocycles. The summed E-state index contributed by atoms with van der Waals surface area (Å²) in [6.07, 6.45) is 7.99. The molecule has 200 valence electrons. The van der Waals surface area contributed by atoms with Gasteiger partial charge in [-0.3, -0.25) is 9.78 Å². The lowest BCUT2D eigenvalue weighted by molar-refractivity contribution is -0.144. The Morgan fingerprint density at radius 1 is 1.21 bits per heavy atom. The number of alkyl carbamates (subject to hydrolysis) is 1. The zero-order valence-electron chi connectivity index (χ0n) is 21.1. The maximum absolute atomic E-state index is 13.6. The first-order chi connectivity index (χ1) is 18.3.